The van der Waals surface area contributed by atoms with Crippen molar-refractivity contribution in [1.82, 2.24) is 19.6 Å². The number of nitrogens with zero attached hydrogens (tertiary/aromatic N) is 3. The number of hydrogen-bond acceptors (Lipinski definition) is 3. The van der Waals surface area contributed by atoms with Gasteiger partial charge in [0.1, 0.15) is 5.65 Å². The SMILES string of the molecule is c1ccn2cc(CN3CCCNCC3)nc2c1. The fourth-order valence-electron chi connectivity index (χ4n) is 2.35. The lowest BCUT2D eigenvalue weighted by Crippen LogP contribution is -2.27. The normalized spacial score (nSPS) is 18.4. The summed E-state index contributed by atoms with van der Waals surface area (Å²) >= 11 is 0. The van der Waals surface area contributed by atoms with Gasteiger partial charge in [0.05, 0.1) is 5.69 Å². The van der Waals surface area contributed by atoms with Gasteiger partial charge in [0, 0.05) is 32.0 Å². The Morgan fingerprint density at radius 1 is 1.24 bits per heavy atom. The van der Waals surface area contributed by atoms with E-state index in [4.69, 9.17) is 0 Å². The van der Waals surface area contributed by atoms with Crippen molar-refractivity contribution in [2.24, 2.45) is 0 Å². The minimum atomic E-state index is 0.962. The summed E-state index contributed by atoms with van der Waals surface area (Å²) in [5.74, 6) is 0. The van der Waals surface area contributed by atoms with Crippen LogP contribution in [0.1, 0.15) is 12.1 Å². The average molecular weight is 230 g/mol. The number of pyridine rings is 1. The molecule has 90 valence electrons. The predicted molar refractivity (Wildman–Crippen MR) is 68.0 cm³/mol. The Bertz CT molecular complexity index is 450. The Hall–Kier alpha value is -1.39. The number of aromatic nitrogens is 2. The molecule has 0 radical (unpaired) electrons. The highest BCUT2D eigenvalue weighted by molar-refractivity contribution is 5.39. The van der Waals surface area contributed by atoms with Gasteiger partial charge in [0.25, 0.3) is 0 Å². The van der Waals surface area contributed by atoms with Gasteiger partial charge in [-0.05, 0) is 31.6 Å². The zero-order chi connectivity index (χ0) is 11.5. The van der Waals surface area contributed by atoms with Crippen LogP contribution in [0.4, 0.5) is 0 Å². The van der Waals surface area contributed by atoms with Crippen LogP contribution in [0.15, 0.2) is 30.6 Å². The quantitative estimate of drug-likeness (QED) is 0.839. The number of rotatable bonds is 2. The summed E-state index contributed by atoms with van der Waals surface area (Å²) in [7, 11) is 0. The zero-order valence-corrected chi connectivity index (χ0v) is 9.97. The Labute approximate surface area is 101 Å². The van der Waals surface area contributed by atoms with Crippen molar-refractivity contribution in [2.75, 3.05) is 26.2 Å². The predicted octanol–water partition coefficient (Wildman–Crippen LogP) is 1.13. The van der Waals surface area contributed by atoms with Crippen LogP contribution < -0.4 is 5.32 Å². The molecule has 2 aromatic rings. The van der Waals surface area contributed by atoms with Gasteiger partial charge in [0.15, 0.2) is 0 Å². The van der Waals surface area contributed by atoms with E-state index in [1.54, 1.807) is 0 Å². The van der Waals surface area contributed by atoms with Gasteiger partial charge in [-0.1, -0.05) is 6.07 Å². The smallest absolute Gasteiger partial charge is 0.137 e. The van der Waals surface area contributed by atoms with Crippen molar-refractivity contribution >= 4 is 5.65 Å². The summed E-state index contributed by atoms with van der Waals surface area (Å²) in [4.78, 5) is 7.11. The summed E-state index contributed by atoms with van der Waals surface area (Å²) in [6.45, 7) is 5.48. The van der Waals surface area contributed by atoms with Crippen LogP contribution >= 0.6 is 0 Å². The summed E-state index contributed by atoms with van der Waals surface area (Å²) in [5.41, 5.74) is 2.20. The van der Waals surface area contributed by atoms with Crippen LogP contribution in [0.5, 0.6) is 0 Å². The topological polar surface area (TPSA) is 32.6 Å². The van der Waals surface area contributed by atoms with E-state index in [0.717, 1.165) is 37.5 Å². The van der Waals surface area contributed by atoms with Crippen LogP contribution in [0.3, 0.4) is 0 Å². The molecular formula is C13H18N4. The lowest BCUT2D eigenvalue weighted by atomic mass is 10.3. The molecule has 0 amide bonds. The van der Waals surface area contributed by atoms with Gasteiger partial charge in [-0.25, -0.2) is 4.98 Å². The maximum absolute atomic E-state index is 4.64. The van der Waals surface area contributed by atoms with E-state index < -0.39 is 0 Å². The molecule has 17 heavy (non-hydrogen) atoms. The minimum absolute atomic E-state index is 0.962. The van der Waals surface area contributed by atoms with E-state index in [0.29, 0.717) is 0 Å². The molecule has 0 aromatic carbocycles. The first-order valence-electron chi connectivity index (χ1n) is 6.27. The summed E-state index contributed by atoms with van der Waals surface area (Å²) in [6, 6.07) is 6.11. The first kappa shape index (κ1) is 10.7. The van der Waals surface area contributed by atoms with Gasteiger partial charge in [-0.3, -0.25) is 4.90 Å². The van der Waals surface area contributed by atoms with Crippen LogP contribution in [-0.2, 0) is 6.54 Å². The molecule has 0 atom stereocenters. The molecule has 1 N–H and O–H groups in total. The number of nitrogens with one attached hydrogen (secondary N) is 1. The second-order valence-electron chi connectivity index (χ2n) is 4.58. The minimum Gasteiger partial charge on any atom is -0.315 e. The highest BCUT2D eigenvalue weighted by atomic mass is 15.2. The van der Waals surface area contributed by atoms with Crippen molar-refractivity contribution in [3.8, 4) is 0 Å². The van der Waals surface area contributed by atoms with Crippen LogP contribution in [-0.4, -0.2) is 40.5 Å². The third kappa shape index (κ3) is 2.48. The lowest BCUT2D eigenvalue weighted by Gasteiger charge is -2.17. The number of fused-ring (bicyclic) bond motifs is 1. The Morgan fingerprint density at radius 3 is 3.18 bits per heavy atom. The largest absolute Gasteiger partial charge is 0.315 e. The van der Waals surface area contributed by atoms with E-state index in [2.05, 4.69) is 32.0 Å². The van der Waals surface area contributed by atoms with E-state index in [9.17, 15) is 0 Å². The number of hydrogen-bond donors (Lipinski definition) is 1. The Kier molecular flexibility index (Phi) is 3.07. The molecule has 3 heterocycles. The molecule has 2 aromatic heterocycles. The molecule has 3 rings (SSSR count). The van der Waals surface area contributed by atoms with Crippen LogP contribution in [0.2, 0.25) is 0 Å². The van der Waals surface area contributed by atoms with E-state index in [-0.39, 0.29) is 0 Å². The molecule has 0 spiro atoms. The molecule has 4 nitrogen and oxygen atoms in total. The van der Waals surface area contributed by atoms with Crippen LogP contribution in [0, 0.1) is 0 Å². The van der Waals surface area contributed by atoms with Crippen molar-refractivity contribution in [1.29, 1.82) is 0 Å². The monoisotopic (exact) mass is 230 g/mol. The van der Waals surface area contributed by atoms with E-state index >= 15 is 0 Å². The van der Waals surface area contributed by atoms with E-state index in [1.165, 1.54) is 13.0 Å². The lowest BCUT2D eigenvalue weighted by molar-refractivity contribution is 0.281. The van der Waals surface area contributed by atoms with Gasteiger partial charge in [0.2, 0.25) is 0 Å². The number of imidazole rings is 1. The molecule has 0 unspecified atom stereocenters. The molecule has 1 aliphatic rings. The third-order valence-electron chi connectivity index (χ3n) is 3.23. The Balaban J connectivity index is 1.75. The van der Waals surface area contributed by atoms with Gasteiger partial charge < -0.3 is 9.72 Å². The molecule has 1 saturated heterocycles. The molecule has 0 aliphatic carbocycles. The molecule has 4 heteroatoms. The van der Waals surface area contributed by atoms with E-state index in [1.807, 2.05) is 18.2 Å². The summed E-state index contributed by atoms with van der Waals surface area (Å²) in [5, 5.41) is 3.42. The van der Waals surface area contributed by atoms with Crippen LogP contribution in [0.25, 0.3) is 5.65 Å². The fraction of sp³-hybridized carbons (Fsp3) is 0.462. The van der Waals surface area contributed by atoms with Crippen molar-refractivity contribution in [2.45, 2.75) is 13.0 Å². The van der Waals surface area contributed by atoms with Crippen molar-refractivity contribution in [3.05, 3.63) is 36.3 Å². The molecule has 0 saturated carbocycles. The molecule has 1 aliphatic heterocycles. The van der Waals surface area contributed by atoms with Gasteiger partial charge in [-0.2, -0.15) is 0 Å². The molecular weight excluding hydrogens is 212 g/mol. The van der Waals surface area contributed by atoms with Crippen molar-refractivity contribution < 1.29 is 0 Å². The first-order chi connectivity index (χ1) is 8.42. The second-order valence-corrected chi connectivity index (χ2v) is 4.58. The third-order valence-corrected chi connectivity index (χ3v) is 3.23. The maximum atomic E-state index is 4.64. The molecule has 1 fully saturated rings. The van der Waals surface area contributed by atoms with Gasteiger partial charge in [-0.15, -0.1) is 0 Å². The summed E-state index contributed by atoms with van der Waals surface area (Å²) < 4.78 is 2.09. The van der Waals surface area contributed by atoms with Crippen molar-refractivity contribution in [3.63, 3.8) is 0 Å². The fourth-order valence-corrected chi connectivity index (χ4v) is 2.35. The summed E-state index contributed by atoms with van der Waals surface area (Å²) in [6.07, 6.45) is 5.41. The average Bonchev–Trinajstić information content (AvgIpc) is 2.57. The standard InChI is InChI=1S/C13H18N4/c1-2-8-17-11-12(15-13(17)4-1)10-16-7-3-5-14-6-9-16/h1-2,4,8,11,14H,3,5-7,9-10H2. The second kappa shape index (κ2) is 4.85. The Morgan fingerprint density at radius 2 is 2.24 bits per heavy atom. The maximum Gasteiger partial charge on any atom is 0.137 e. The van der Waals surface area contributed by atoms with Gasteiger partial charge >= 0.3 is 0 Å². The molecule has 0 bridgehead atoms. The highest BCUT2D eigenvalue weighted by Gasteiger charge is 2.10. The zero-order valence-electron chi connectivity index (χ0n) is 9.97. The first-order valence-corrected chi connectivity index (χ1v) is 6.27. The highest BCUT2D eigenvalue weighted by Crippen LogP contribution is 2.08.